The van der Waals surface area contributed by atoms with E-state index < -0.39 is 0 Å². The summed E-state index contributed by atoms with van der Waals surface area (Å²) < 4.78 is 1.93. The summed E-state index contributed by atoms with van der Waals surface area (Å²) in [6, 6.07) is 17.8. The topological polar surface area (TPSA) is 47.8 Å². The maximum Gasteiger partial charge on any atom is 0.209 e. The van der Waals surface area contributed by atoms with Crippen molar-refractivity contribution in [3.8, 4) is 5.69 Å². The summed E-state index contributed by atoms with van der Waals surface area (Å²) >= 11 is 1.43. The van der Waals surface area contributed by atoms with E-state index in [-0.39, 0.29) is 11.0 Å². The van der Waals surface area contributed by atoms with E-state index in [0.29, 0.717) is 11.1 Å². The lowest BCUT2D eigenvalue weighted by molar-refractivity contribution is 0.0994. The van der Waals surface area contributed by atoms with Crippen molar-refractivity contribution in [3.05, 3.63) is 71.5 Å². The number of ketones is 1. The number of carbonyl (C=O) groups is 1. The number of thioether (sulfide) groups is 1. The molecule has 26 heavy (non-hydrogen) atoms. The van der Waals surface area contributed by atoms with Gasteiger partial charge < -0.3 is 0 Å². The maximum absolute atomic E-state index is 12.7. The van der Waals surface area contributed by atoms with Gasteiger partial charge in [-0.1, -0.05) is 59.8 Å². The lowest BCUT2D eigenvalue weighted by Crippen LogP contribution is -2.13. The van der Waals surface area contributed by atoms with Crippen LogP contribution in [0.4, 0.5) is 0 Å². The second kappa shape index (κ2) is 7.08. The van der Waals surface area contributed by atoms with Crippen LogP contribution in [0, 0.1) is 6.92 Å². The Morgan fingerprint density at radius 2 is 1.81 bits per heavy atom. The highest BCUT2D eigenvalue weighted by Gasteiger charge is 2.31. The number of benzene rings is 2. The van der Waals surface area contributed by atoms with Crippen molar-refractivity contribution in [3.63, 3.8) is 0 Å². The number of hydrogen-bond acceptors (Lipinski definition) is 4. The van der Waals surface area contributed by atoms with Gasteiger partial charge in [0.25, 0.3) is 0 Å². The molecule has 1 aliphatic carbocycles. The monoisotopic (exact) mass is 363 g/mol. The summed E-state index contributed by atoms with van der Waals surface area (Å²) in [6.07, 6.45) is 2.32. The van der Waals surface area contributed by atoms with Crippen LogP contribution in [0.25, 0.3) is 5.69 Å². The molecule has 1 atom stereocenters. The van der Waals surface area contributed by atoms with Gasteiger partial charge in [-0.05, 0) is 38.8 Å². The van der Waals surface area contributed by atoms with Crippen molar-refractivity contribution in [1.29, 1.82) is 0 Å². The fourth-order valence-corrected chi connectivity index (χ4v) is 3.72. The minimum absolute atomic E-state index is 0.110. The summed E-state index contributed by atoms with van der Waals surface area (Å²) in [6.45, 7) is 3.94. The zero-order chi connectivity index (χ0) is 18.1. The molecule has 5 heteroatoms. The van der Waals surface area contributed by atoms with Gasteiger partial charge in [-0.3, -0.25) is 4.79 Å². The first-order valence-electron chi connectivity index (χ1n) is 8.92. The van der Waals surface area contributed by atoms with Crippen molar-refractivity contribution in [2.24, 2.45) is 0 Å². The minimum atomic E-state index is -0.226. The Morgan fingerprint density at radius 3 is 2.46 bits per heavy atom. The van der Waals surface area contributed by atoms with Crippen LogP contribution in [0.1, 0.15) is 47.4 Å². The normalized spacial score (nSPS) is 15.0. The molecule has 2 aromatic carbocycles. The zero-order valence-corrected chi connectivity index (χ0v) is 15.7. The molecule has 0 N–H and O–H groups in total. The number of Topliss-reactive ketones (excluding diaryl/α,β-unsaturated/α-hetero) is 1. The summed E-state index contributed by atoms with van der Waals surface area (Å²) in [5.41, 5.74) is 2.91. The molecular formula is C21H21N3OS. The molecule has 0 unspecified atom stereocenters. The third kappa shape index (κ3) is 3.58. The summed E-state index contributed by atoms with van der Waals surface area (Å²) in [5, 5.41) is 5.13. The van der Waals surface area contributed by atoms with Crippen LogP contribution in [0.2, 0.25) is 0 Å². The number of para-hydroxylation sites is 1. The SMILES string of the molecule is Cc1ccc(C(=O)[C@H](C)Sc2nc(C3CC3)n(-c3ccccc3)n2)cc1. The van der Waals surface area contributed by atoms with Crippen LogP contribution in [-0.4, -0.2) is 25.8 Å². The molecule has 4 nitrogen and oxygen atoms in total. The van der Waals surface area contributed by atoms with E-state index in [1.807, 2.05) is 73.1 Å². The van der Waals surface area contributed by atoms with Gasteiger partial charge in [-0.2, -0.15) is 0 Å². The van der Waals surface area contributed by atoms with Gasteiger partial charge in [0.15, 0.2) is 5.78 Å². The molecule has 0 amide bonds. The molecule has 0 bridgehead atoms. The number of aromatic nitrogens is 3. The summed E-state index contributed by atoms with van der Waals surface area (Å²) in [7, 11) is 0. The molecule has 1 aromatic heterocycles. The van der Waals surface area contributed by atoms with Crippen LogP contribution >= 0.6 is 11.8 Å². The van der Waals surface area contributed by atoms with Gasteiger partial charge in [0, 0.05) is 11.5 Å². The fourth-order valence-electron chi connectivity index (χ4n) is 2.88. The predicted octanol–water partition coefficient (Wildman–Crippen LogP) is 4.82. The molecular weight excluding hydrogens is 342 g/mol. The Hall–Kier alpha value is -2.40. The first-order valence-corrected chi connectivity index (χ1v) is 9.79. The molecule has 1 heterocycles. The standard InChI is InChI=1S/C21H21N3OS/c1-14-8-10-16(11-9-14)19(25)15(2)26-21-22-20(17-12-13-17)24(23-21)18-6-4-3-5-7-18/h3-11,15,17H,12-13H2,1-2H3/t15-/m0/s1. The molecule has 3 aromatic rings. The van der Waals surface area contributed by atoms with Gasteiger partial charge in [-0.15, -0.1) is 5.10 Å². The number of nitrogens with zero attached hydrogens (tertiary/aromatic N) is 3. The largest absolute Gasteiger partial charge is 0.293 e. The van der Waals surface area contributed by atoms with Crippen LogP contribution < -0.4 is 0 Å². The second-order valence-corrected chi connectivity index (χ2v) is 8.07. The summed E-state index contributed by atoms with van der Waals surface area (Å²) in [5.74, 6) is 1.60. The quantitative estimate of drug-likeness (QED) is 0.465. The predicted molar refractivity (Wildman–Crippen MR) is 104 cm³/mol. The maximum atomic E-state index is 12.7. The van der Waals surface area contributed by atoms with Crippen molar-refractivity contribution in [1.82, 2.24) is 14.8 Å². The van der Waals surface area contributed by atoms with Gasteiger partial charge >= 0.3 is 0 Å². The highest BCUT2D eigenvalue weighted by Crippen LogP contribution is 2.40. The molecule has 1 aliphatic rings. The lowest BCUT2D eigenvalue weighted by Gasteiger charge is -2.08. The Bertz CT molecular complexity index is 914. The number of hydrogen-bond donors (Lipinski definition) is 0. The highest BCUT2D eigenvalue weighted by molar-refractivity contribution is 8.00. The van der Waals surface area contributed by atoms with E-state index in [1.165, 1.54) is 11.8 Å². The average Bonchev–Trinajstić information content (AvgIpc) is 3.43. The molecule has 132 valence electrons. The zero-order valence-electron chi connectivity index (χ0n) is 14.9. The Labute approximate surface area is 157 Å². The van der Waals surface area contributed by atoms with Gasteiger partial charge in [0.1, 0.15) is 5.82 Å². The van der Waals surface area contributed by atoms with Gasteiger partial charge in [0.05, 0.1) is 10.9 Å². The minimum Gasteiger partial charge on any atom is -0.293 e. The first kappa shape index (κ1) is 17.0. The van der Waals surface area contributed by atoms with E-state index in [4.69, 9.17) is 4.98 Å². The third-order valence-electron chi connectivity index (χ3n) is 4.54. The fraction of sp³-hybridized carbons (Fsp3) is 0.286. The average molecular weight is 363 g/mol. The Balaban J connectivity index is 1.56. The van der Waals surface area contributed by atoms with E-state index >= 15 is 0 Å². The summed E-state index contributed by atoms with van der Waals surface area (Å²) in [4.78, 5) is 17.4. The third-order valence-corrected chi connectivity index (χ3v) is 5.49. The van der Waals surface area contributed by atoms with E-state index in [0.717, 1.165) is 35.5 Å². The first-order chi connectivity index (χ1) is 12.6. The van der Waals surface area contributed by atoms with Crippen LogP contribution in [-0.2, 0) is 0 Å². The van der Waals surface area contributed by atoms with Crippen LogP contribution in [0.15, 0.2) is 59.8 Å². The number of carbonyl (C=O) groups excluding carboxylic acids is 1. The van der Waals surface area contributed by atoms with Crippen molar-refractivity contribution in [2.45, 2.75) is 43.0 Å². The molecule has 4 rings (SSSR count). The van der Waals surface area contributed by atoms with Gasteiger partial charge in [0.2, 0.25) is 5.16 Å². The van der Waals surface area contributed by atoms with E-state index in [2.05, 4.69) is 5.10 Å². The molecule has 0 radical (unpaired) electrons. The smallest absolute Gasteiger partial charge is 0.209 e. The van der Waals surface area contributed by atoms with Crippen molar-refractivity contribution in [2.75, 3.05) is 0 Å². The van der Waals surface area contributed by atoms with Crippen molar-refractivity contribution >= 4 is 17.5 Å². The van der Waals surface area contributed by atoms with Crippen LogP contribution in [0.3, 0.4) is 0 Å². The van der Waals surface area contributed by atoms with Crippen molar-refractivity contribution < 1.29 is 4.79 Å². The van der Waals surface area contributed by atoms with Crippen LogP contribution in [0.5, 0.6) is 0 Å². The molecule has 1 fully saturated rings. The Morgan fingerprint density at radius 1 is 1.12 bits per heavy atom. The second-order valence-electron chi connectivity index (χ2n) is 6.76. The van der Waals surface area contributed by atoms with E-state index in [9.17, 15) is 4.79 Å². The molecule has 0 spiro atoms. The Kier molecular flexibility index (Phi) is 4.64. The van der Waals surface area contributed by atoms with Gasteiger partial charge in [-0.25, -0.2) is 9.67 Å². The van der Waals surface area contributed by atoms with E-state index in [1.54, 1.807) is 0 Å². The number of rotatable bonds is 6. The molecule has 0 aliphatic heterocycles. The molecule has 0 saturated heterocycles. The lowest BCUT2D eigenvalue weighted by atomic mass is 10.1. The highest BCUT2D eigenvalue weighted by atomic mass is 32.2. The molecule has 1 saturated carbocycles. The number of aryl methyl sites for hydroxylation is 1.